The first-order valence-electron chi connectivity index (χ1n) is 14.2. The zero-order valence-corrected chi connectivity index (χ0v) is 24.7. The quantitative estimate of drug-likeness (QED) is 0.371. The number of H-pyrrole nitrogens is 1. The van der Waals surface area contributed by atoms with Crippen molar-refractivity contribution in [2.45, 2.75) is 45.8 Å². The van der Waals surface area contributed by atoms with Crippen LogP contribution in [0.4, 0.5) is 5.69 Å². The summed E-state index contributed by atoms with van der Waals surface area (Å²) in [4.78, 5) is 32.7. The molecule has 0 spiro atoms. The number of anilines is 1. The molecule has 214 valence electrons. The van der Waals surface area contributed by atoms with Crippen LogP contribution >= 0.6 is 0 Å². The first-order valence-corrected chi connectivity index (χ1v) is 14.2. The summed E-state index contributed by atoms with van der Waals surface area (Å²) >= 11 is 0. The maximum absolute atomic E-state index is 14.0. The molecule has 3 atom stereocenters. The lowest BCUT2D eigenvalue weighted by molar-refractivity contribution is -0.128. The van der Waals surface area contributed by atoms with Crippen molar-refractivity contribution in [1.82, 2.24) is 24.6 Å². The summed E-state index contributed by atoms with van der Waals surface area (Å²) < 4.78 is 8.56. The fraction of sp³-hybridized carbons (Fsp3) is 0.406. The molecule has 2 aliphatic heterocycles. The number of hydrogen-bond acceptors (Lipinski definition) is 6. The molecule has 1 saturated heterocycles. The molecule has 4 heterocycles. The predicted octanol–water partition coefficient (Wildman–Crippen LogP) is 4.27. The Labute approximate surface area is 240 Å². The molecule has 1 amide bonds. The molecule has 0 bridgehead atoms. The molecule has 0 saturated carbocycles. The molecule has 2 aromatic carbocycles. The number of piperazine rings is 1. The van der Waals surface area contributed by atoms with Gasteiger partial charge in [0.2, 0.25) is 5.91 Å². The van der Waals surface area contributed by atoms with Crippen LogP contribution in [0.15, 0.2) is 47.8 Å². The molecule has 2 aliphatic rings. The third-order valence-electron chi connectivity index (χ3n) is 8.64. The molecular weight excluding hydrogens is 516 g/mol. The summed E-state index contributed by atoms with van der Waals surface area (Å²) in [7, 11) is 4.03. The number of hydrogen-bond donors (Lipinski definition) is 1. The highest BCUT2D eigenvalue weighted by Crippen LogP contribution is 2.46. The average molecular weight is 555 g/mol. The lowest BCUT2D eigenvalue weighted by atomic mass is 9.92. The number of benzene rings is 2. The number of likely N-dealkylation sites (N-methyl/N-ethyl adjacent to an activating group) is 1. The monoisotopic (exact) mass is 554 g/mol. The van der Waals surface area contributed by atoms with E-state index in [0.29, 0.717) is 26.2 Å². The maximum atomic E-state index is 14.0. The number of carbonyl (C=O) groups excluding carboxylic acids is 1. The average Bonchev–Trinajstić information content (AvgIpc) is 3.32. The van der Waals surface area contributed by atoms with Crippen molar-refractivity contribution in [3.8, 4) is 16.9 Å². The highest BCUT2D eigenvalue weighted by molar-refractivity contribution is 6.06. The Morgan fingerprint density at radius 3 is 2.68 bits per heavy atom. The first-order chi connectivity index (χ1) is 19.6. The van der Waals surface area contributed by atoms with Crippen molar-refractivity contribution in [3.05, 3.63) is 64.6 Å². The van der Waals surface area contributed by atoms with Gasteiger partial charge in [-0.2, -0.15) is 5.10 Å². The first kappa shape index (κ1) is 27.1. The molecule has 0 aliphatic carbocycles. The van der Waals surface area contributed by atoms with Crippen molar-refractivity contribution in [2.75, 3.05) is 45.2 Å². The van der Waals surface area contributed by atoms with Crippen molar-refractivity contribution >= 4 is 33.4 Å². The van der Waals surface area contributed by atoms with E-state index in [-0.39, 0.29) is 29.6 Å². The van der Waals surface area contributed by atoms with E-state index >= 15 is 0 Å². The van der Waals surface area contributed by atoms with E-state index in [4.69, 9.17) is 4.74 Å². The van der Waals surface area contributed by atoms with Crippen molar-refractivity contribution in [2.24, 2.45) is 0 Å². The van der Waals surface area contributed by atoms with Gasteiger partial charge in [-0.25, -0.2) is 0 Å². The van der Waals surface area contributed by atoms with Gasteiger partial charge in [0.05, 0.1) is 22.8 Å². The lowest BCUT2D eigenvalue weighted by Gasteiger charge is -2.45. The van der Waals surface area contributed by atoms with Gasteiger partial charge in [-0.15, -0.1) is 0 Å². The lowest BCUT2D eigenvalue weighted by Crippen LogP contribution is -2.58. The molecule has 1 fully saturated rings. The van der Waals surface area contributed by atoms with E-state index in [9.17, 15) is 9.59 Å². The minimum atomic E-state index is -0.122. The zero-order valence-electron chi connectivity index (χ0n) is 24.7. The van der Waals surface area contributed by atoms with Gasteiger partial charge >= 0.3 is 0 Å². The summed E-state index contributed by atoms with van der Waals surface area (Å²) in [5.74, 6) is 0.665. The van der Waals surface area contributed by atoms with E-state index in [0.717, 1.165) is 55.6 Å². The van der Waals surface area contributed by atoms with E-state index in [1.165, 1.54) is 6.08 Å². The number of aromatic nitrogens is 3. The van der Waals surface area contributed by atoms with Gasteiger partial charge in [-0.1, -0.05) is 12.6 Å². The Bertz CT molecular complexity index is 1750. The number of amides is 1. The maximum Gasteiger partial charge on any atom is 0.253 e. The topological polar surface area (TPSA) is 86.7 Å². The summed E-state index contributed by atoms with van der Waals surface area (Å²) in [5.41, 5.74) is 6.70. The largest absolute Gasteiger partial charge is 0.489 e. The number of fused-ring (bicyclic) bond motifs is 1. The van der Waals surface area contributed by atoms with Crippen LogP contribution < -0.4 is 15.2 Å². The summed E-state index contributed by atoms with van der Waals surface area (Å²) in [6.45, 7) is 14.2. The standard InChI is InChI=1S/C32H38N6O3/c1-8-27(39)37-15-19(3)36(14-20(37)4)26-13-28(40)38-22(16-35(6)7)17-41-32-24(11-10-23(26)31(32)38)29-18(2)9-12-25-30(29)21(5)33-34-25/h8-13,19-20,22H,1,14-17H2,2-7H3,(H,33,34)/t19-,20+,22-/m0/s1. The molecule has 9 heteroatoms. The third kappa shape index (κ3) is 4.30. The number of aromatic amines is 1. The van der Waals surface area contributed by atoms with Crippen LogP contribution in [0.1, 0.15) is 31.1 Å². The number of aryl methyl sites for hydroxylation is 2. The van der Waals surface area contributed by atoms with E-state index in [1.807, 2.05) is 43.5 Å². The van der Waals surface area contributed by atoms with Gasteiger partial charge in [0.25, 0.3) is 5.56 Å². The highest BCUT2D eigenvalue weighted by atomic mass is 16.5. The smallest absolute Gasteiger partial charge is 0.253 e. The minimum absolute atomic E-state index is 0.0164. The molecule has 2 aromatic heterocycles. The Morgan fingerprint density at radius 2 is 1.95 bits per heavy atom. The second-order valence-corrected chi connectivity index (χ2v) is 11.8. The van der Waals surface area contributed by atoms with Crippen LogP contribution in [0.5, 0.6) is 5.75 Å². The second-order valence-electron chi connectivity index (χ2n) is 11.8. The third-order valence-corrected chi connectivity index (χ3v) is 8.64. The van der Waals surface area contributed by atoms with Gasteiger partial charge in [0.1, 0.15) is 6.61 Å². The fourth-order valence-electron chi connectivity index (χ4n) is 6.75. The van der Waals surface area contributed by atoms with Crippen LogP contribution in [0.3, 0.4) is 0 Å². The van der Waals surface area contributed by atoms with Crippen LogP contribution in [-0.2, 0) is 4.79 Å². The van der Waals surface area contributed by atoms with Gasteiger partial charge in [0, 0.05) is 59.8 Å². The van der Waals surface area contributed by atoms with Gasteiger partial charge in [0.15, 0.2) is 5.75 Å². The normalized spacial score (nSPS) is 20.6. The number of pyridine rings is 1. The number of rotatable bonds is 5. The molecule has 41 heavy (non-hydrogen) atoms. The Hall–Kier alpha value is -4.11. The molecule has 1 N–H and O–H groups in total. The summed E-state index contributed by atoms with van der Waals surface area (Å²) in [6.07, 6.45) is 1.38. The van der Waals surface area contributed by atoms with Crippen LogP contribution in [0, 0.1) is 13.8 Å². The SMILES string of the molecule is C=CC(=O)N1C[C@H](C)N(c2cc(=O)n3c4c(c(-c5c(C)ccc6n[nH]c(C)c56)ccc24)OC[C@@H]3CN(C)C)C[C@H]1C. The predicted molar refractivity (Wildman–Crippen MR) is 164 cm³/mol. The summed E-state index contributed by atoms with van der Waals surface area (Å²) in [6, 6.07) is 10.0. The molecule has 0 unspecified atom stereocenters. The van der Waals surface area contributed by atoms with Crippen LogP contribution in [0.2, 0.25) is 0 Å². The van der Waals surface area contributed by atoms with E-state index in [1.54, 1.807) is 6.07 Å². The zero-order chi connectivity index (χ0) is 29.2. The molecule has 6 rings (SSSR count). The summed E-state index contributed by atoms with van der Waals surface area (Å²) in [5, 5.41) is 9.68. The Balaban J connectivity index is 1.60. The van der Waals surface area contributed by atoms with Gasteiger partial charge in [-0.05, 0) is 77.2 Å². The molecular formula is C32H38N6O3. The van der Waals surface area contributed by atoms with Crippen LogP contribution in [0.25, 0.3) is 32.9 Å². The Morgan fingerprint density at radius 1 is 1.17 bits per heavy atom. The Kier molecular flexibility index (Phi) is 6.65. The number of nitrogens with one attached hydrogen (secondary N) is 1. The molecule has 0 radical (unpaired) electrons. The van der Waals surface area contributed by atoms with Gasteiger partial charge < -0.3 is 19.4 Å². The molecule has 9 nitrogen and oxygen atoms in total. The van der Waals surface area contributed by atoms with Crippen molar-refractivity contribution in [3.63, 3.8) is 0 Å². The van der Waals surface area contributed by atoms with E-state index in [2.05, 4.69) is 58.6 Å². The highest BCUT2D eigenvalue weighted by Gasteiger charge is 2.35. The van der Waals surface area contributed by atoms with Crippen molar-refractivity contribution < 1.29 is 9.53 Å². The van der Waals surface area contributed by atoms with Crippen LogP contribution in [-0.4, -0.2) is 82.9 Å². The number of carbonyl (C=O) groups is 1. The van der Waals surface area contributed by atoms with E-state index < -0.39 is 0 Å². The van der Waals surface area contributed by atoms with Gasteiger partial charge in [-0.3, -0.25) is 19.3 Å². The fourth-order valence-corrected chi connectivity index (χ4v) is 6.75. The number of nitrogens with zero attached hydrogens (tertiary/aromatic N) is 5. The number of ether oxygens (including phenoxy) is 1. The minimum Gasteiger partial charge on any atom is -0.489 e. The molecule has 4 aromatic rings. The van der Waals surface area contributed by atoms with Crippen molar-refractivity contribution in [1.29, 1.82) is 0 Å². The second kappa shape index (κ2) is 10.1.